The van der Waals surface area contributed by atoms with Crippen molar-refractivity contribution in [1.29, 1.82) is 0 Å². The Bertz CT molecular complexity index is 472. The van der Waals surface area contributed by atoms with Crippen LogP contribution >= 0.6 is 0 Å². The van der Waals surface area contributed by atoms with Crippen molar-refractivity contribution in [2.24, 2.45) is 0 Å². The van der Waals surface area contributed by atoms with Crippen LogP contribution in [0.15, 0.2) is 0 Å². The molecule has 0 aliphatic carbocycles. The molecule has 3 N–H and O–H groups in total. The van der Waals surface area contributed by atoms with Gasteiger partial charge >= 0.3 is 0 Å². The Morgan fingerprint density at radius 3 is 2.10 bits per heavy atom. The maximum absolute atomic E-state index is 10.1. The number of likely N-dealkylation sites (N-methyl/N-ethyl adjacent to an activating group) is 1. The predicted molar refractivity (Wildman–Crippen MR) is 84.1 cm³/mol. The van der Waals surface area contributed by atoms with Gasteiger partial charge in [-0.3, -0.25) is 0 Å². The number of nitrogens with two attached hydrogens (primary N) is 1. The van der Waals surface area contributed by atoms with Gasteiger partial charge in [-0.15, -0.1) is 0 Å². The average Bonchev–Trinajstić information content (AvgIpc) is 2.27. The van der Waals surface area contributed by atoms with E-state index < -0.39 is 5.60 Å². The lowest BCUT2D eigenvalue weighted by molar-refractivity contribution is 0.0874. The zero-order valence-electron chi connectivity index (χ0n) is 13.8. The molecule has 1 aromatic rings. The van der Waals surface area contributed by atoms with E-state index in [1.54, 1.807) is 13.8 Å². The fourth-order valence-electron chi connectivity index (χ4n) is 1.97. The number of anilines is 2. The molecule has 1 rings (SSSR count). The van der Waals surface area contributed by atoms with Gasteiger partial charge in [0.1, 0.15) is 17.5 Å². The summed E-state index contributed by atoms with van der Waals surface area (Å²) in [6, 6.07) is 0. The van der Waals surface area contributed by atoms with Crippen molar-refractivity contribution in [2.75, 3.05) is 23.7 Å². The summed E-state index contributed by atoms with van der Waals surface area (Å²) >= 11 is 0. The number of hydrogen-bond acceptors (Lipinski definition) is 5. The number of rotatable bonds is 4. The summed E-state index contributed by atoms with van der Waals surface area (Å²) in [4.78, 5) is 11.1. The predicted octanol–water partition coefficient (Wildman–Crippen LogP) is 2.26. The summed E-state index contributed by atoms with van der Waals surface area (Å²) in [5.74, 6) is 2.05. The molecule has 1 aromatic heterocycles. The first-order valence-corrected chi connectivity index (χ1v) is 7.07. The first kappa shape index (κ1) is 16.7. The van der Waals surface area contributed by atoms with E-state index in [1.807, 2.05) is 18.7 Å². The third-order valence-electron chi connectivity index (χ3n) is 3.09. The summed E-state index contributed by atoms with van der Waals surface area (Å²) in [5, 5.41) is 10.1. The lowest BCUT2D eigenvalue weighted by atomic mass is 9.95. The molecule has 0 bridgehead atoms. The van der Waals surface area contributed by atoms with Crippen LogP contribution < -0.4 is 10.6 Å². The molecule has 0 radical (unpaired) electrons. The molecular formula is C15H28N4O. The molecule has 20 heavy (non-hydrogen) atoms. The zero-order valence-corrected chi connectivity index (χ0v) is 13.8. The van der Waals surface area contributed by atoms with Gasteiger partial charge in [-0.25, -0.2) is 9.97 Å². The van der Waals surface area contributed by atoms with Crippen LogP contribution in [0.5, 0.6) is 0 Å². The zero-order chi connectivity index (χ0) is 15.7. The molecule has 0 saturated heterocycles. The van der Waals surface area contributed by atoms with Crippen LogP contribution in [0, 0.1) is 6.92 Å². The maximum Gasteiger partial charge on any atom is 0.138 e. The van der Waals surface area contributed by atoms with E-state index in [9.17, 15) is 5.11 Å². The first-order valence-electron chi connectivity index (χ1n) is 7.07. The molecule has 0 fully saturated rings. The smallest absolute Gasteiger partial charge is 0.138 e. The third kappa shape index (κ3) is 4.07. The fourth-order valence-corrected chi connectivity index (χ4v) is 1.97. The van der Waals surface area contributed by atoms with Crippen LogP contribution in [0.2, 0.25) is 0 Å². The van der Waals surface area contributed by atoms with Crippen molar-refractivity contribution in [3.05, 3.63) is 11.4 Å². The molecule has 5 heteroatoms. The molecule has 0 spiro atoms. The summed E-state index contributed by atoms with van der Waals surface area (Å²) in [5.41, 5.74) is 5.95. The first-order chi connectivity index (χ1) is 8.95. The molecule has 0 aliphatic rings. The monoisotopic (exact) mass is 280 g/mol. The normalized spacial score (nSPS) is 12.6. The topological polar surface area (TPSA) is 75.3 Å². The van der Waals surface area contributed by atoms with Crippen LogP contribution in [0.1, 0.15) is 52.9 Å². The summed E-state index contributed by atoms with van der Waals surface area (Å²) in [7, 11) is 0. The Morgan fingerprint density at radius 2 is 1.70 bits per heavy atom. The van der Waals surface area contributed by atoms with Crippen LogP contribution in [-0.2, 0) is 5.41 Å². The van der Waals surface area contributed by atoms with Gasteiger partial charge in [0.25, 0.3) is 0 Å². The summed E-state index contributed by atoms with van der Waals surface area (Å²) < 4.78 is 0. The number of hydrogen-bond donors (Lipinski definition) is 2. The van der Waals surface area contributed by atoms with Gasteiger partial charge in [0.05, 0.1) is 5.60 Å². The summed E-state index contributed by atoms with van der Waals surface area (Å²) in [6.45, 7) is 15.0. The van der Waals surface area contributed by atoms with Crippen molar-refractivity contribution in [3.63, 3.8) is 0 Å². The van der Waals surface area contributed by atoms with Crippen LogP contribution in [0.4, 0.5) is 11.6 Å². The lowest BCUT2D eigenvalue weighted by Crippen LogP contribution is -2.40. The summed E-state index contributed by atoms with van der Waals surface area (Å²) in [6.07, 6.45) is 0. The minimum Gasteiger partial charge on any atom is -0.389 e. The molecule has 0 saturated carbocycles. The van der Waals surface area contributed by atoms with E-state index >= 15 is 0 Å². The Labute approximate surface area is 122 Å². The second kappa shape index (κ2) is 5.56. The molecule has 114 valence electrons. The SMILES string of the molecule is CCN(CC(C)(C)O)c1nc(C(C)(C)C)nc(N)c1C. The Kier molecular flexibility index (Phi) is 4.64. The standard InChI is InChI=1S/C15H28N4O/c1-8-19(9-15(6,7)20)12-10(2)11(16)17-13(18-12)14(3,4)5/h20H,8-9H2,1-7H3,(H2,16,17,18). The van der Waals surface area contributed by atoms with Crippen molar-refractivity contribution >= 4 is 11.6 Å². The number of nitrogen functional groups attached to an aromatic ring is 1. The van der Waals surface area contributed by atoms with Crippen LogP contribution in [0.3, 0.4) is 0 Å². The molecule has 0 amide bonds. The van der Waals surface area contributed by atoms with Crippen LogP contribution in [0.25, 0.3) is 0 Å². The number of nitrogens with zero attached hydrogens (tertiary/aromatic N) is 3. The van der Waals surface area contributed by atoms with Crippen molar-refractivity contribution < 1.29 is 5.11 Å². The Balaban J connectivity index is 3.31. The molecule has 1 heterocycles. The highest BCUT2D eigenvalue weighted by Gasteiger charge is 2.24. The minimum atomic E-state index is -0.788. The highest BCUT2D eigenvalue weighted by atomic mass is 16.3. The van der Waals surface area contributed by atoms with Gasteiger partial charge in [-0.2, -0.15) is 0 Å². The fraction of sp³-hybridized carbons (Fsp3) is 0.733. The van der Waals surface area contributed by atoms with E-state index in [0.717, 1.165) is 23.8 Å². The third-order valence-corrected chi connectivity index (χ3v) is 3.09. The Morgan fingerprint density at radius 1 is 1.15 bits per heavy atom. The van der Waals surface area contributed by atoms with Crippen molar-refractivity contribution in [2.45, 2.75) is 59.5 Å². The second-order valence-electron chi connectivity index (χ2n) is 6.96. The average molecular weight is 280 g/mol. The van der Waals surface area contributed by atoms with E-state index in [2.05, 4.69) is 30.7 Å². The van der Waals surface area contributed by atoms with E-state index in [-0.39, 0.29) is 5.41 Å². The van der Waals surface area contributed by atoms with Gasteiger partial charge < -0.3 is 15.7 Å². The van der Waals surface area contributed by atoms with Gasteiger partial charge in [0.2, 0.25) is 0 Å². The van der Waals surface area contributed by atoms with Gasteiger partial charge in [0, 0.05) is 24.1 Å². The second-order valence-corrected chi connectivity index (χ2v) is 6.96. The minimum absolute atomic E-state index is 0.162. The van der Waals surface area contributed by atoms with Gasteiger partial charge in [0.15, 0.2) is 0 Å². The molecule has 0 atom stereocenters. The maximum atomic E-state index is 10.1. The highest BCUT2D eigenvalue weighted by molar-refractivity contribution is 5.57. The van der Waals surface area contributed by atoms with Gasteiger partial charge in [-0.05, 0) is 27.7 Å². The van der Waals surface area contributed by atoms with E-state index in [4.69, 9.17) is 5.73 Å². The number of aromatic nitrogens is 2. The molecule has 5 nitrogen and oxygen atoms in total. The lowest BCUT2D eigenvalue weighted by Gasteiger charge is -2.31. The number of aliphatic hydroxyl groups is 1. The van der Waals surface area contributed by atoms with E-state index in [0.29, 0.717) is 12.4 Å². The van der Waals surface area contributed by atoms with Crippen LogP contribution in [-0.4, -0.2) is 33.8 Å². The Hall–Kier alpha value is -1.36. The highest BCUT2D eigenvalue weighted by Crippen LogP contribution is 2.27. The van der Waals surface area contributed by atoms with E-state index in [1.165, 1.54) is 0 Å². The quantitative estimate of drug-likeness (QED) is 0.885. The molecule has 0 aromatic carbocycles. The van der Waals surface area contributed by atoms with Crippen molar-refractivity contribution in [1.82, 2.24) is 9.97 Å². The molecule has 0 aliphatic heterocycles. The molecular weight excluding hydrogens is 252 g/mol. The molecule has 0 unspecified atom stereocenters. The largest absolute Gasteiger partial charge is 0.389 e. The van der Waals surface area contributed by atoms with Crippen molar-refractivity contribution in [3.8, 4) is 0 Å². The van der Waals surface area contributed by atoms with Gasteiger partial charge in [-0.1, -0.05) is 20.8 Å².